The van der Waals surface area contributed by atoms with Crippen LogP contribution in [-0.2, 0) is 0 Å². The first-order valence-corrected chi connectivity index (χ1v) is 5.52. The molecule has 0 aromatic carbocycles. The molecule has 1 aliphatic rings. The van der Waals surface area contributed by atoms with E-state index in [1.807, 2.05) is 18.3 Å². The van der Waals surface area contributed by atoms with Crippen LogP contribution >= 0.6 is 11.6 Å². The third kappa shape index (κ3) is 2.24. The zero-order chi connectivity index (χ0) is 11.1. The number of aromatic nitrogens is 1. The van der Waals surface area contributed by atoms with Crippen LogP contribution < -0.4 is 10.2 Å². The van der Waals surface area contributed by atoms with E-state index in [2.05, 4.69) is 36.0 Å². The zero-order valence-corrected chi connectivity index (χ0v) is 10.0. The van der Waals surface area contributed by atoms with Gasteiger partial charge < -0.3 is 4.90 Å². The predicted molar refractivity (Wildman–Crippen MR) is 63.3 cm³/mol. The number of anilines is 1. The summed E-state index contributed by atoms with van der Waals surface area (Å²) in [6.45, 7) is 7.54. The molecule has 1 aliphatic heterocycles. The maximum atomic E-state index is 5.77. The minimum atomic E-state index is 0.152. The fourth-order valence-corrected chi connectivity index (χ4v) is 2.22. The Morgan fingerprint density at radius 3 is 2.73 bits per heavy atom. The summed E-state index contributed by atoms with van der Waals surface area (Å²) in [5.74, 6) is 0. The first kappa shape index (κ1) is 10.7. The Bertz CT molecular complexity index is 347. The molecule has 1 saturated heterocycles. The highest BCUT2D eigenvalue weighted by Gasteiger charge is 2.33. The zero-order valence-electron chi connectivity index (χ0n) is 9.29. The van der Waals surface area contributed by atoms with Crippen molar-refractivity contribution in [1.29, 1.82) is 0 Å². The molecule has 15 heavy (non-hydrogen) atoms. The maximum Gasteiger partial charge on any atom is 0.129 e. The van der Waals surface area contributed by atoms with Gasteiger partial charge in [-0.3, -0.25) is 5.32 Å². The Morgan fingerprint density at radius 1 is 1.53 bits per heavy atom. The van der Waals surface area contributed by atoms with Crippen LogP contribution in [0.3, 0.4) is 0 Å². The lowest BCUT2D eigenvalue weighted by atomic mass is 10.1. The van der Waals surface area contributed by atoms with Gasteiger partial charge in [-0.25, -0.2) is 4.98 Å². The van der Waals surface area contributed by atoms with Gasteiger partial charge in [0.2, 0.25) is 0 Å². The molecule has 0 amide bonds. The largest absolute Gasteiger partial charge is 0.353 e. The number of nitrogens with one attached hydrogen (secondary N) is 1. The Labute approximate surface area is 95.4 Å². The summed E-state index contributed by atoms with van der Waals surface area (Å²) < 4.78 is 0. The molecular formula is C11H16ClN3. The molecule has 0 aliphatic carbocycles. The second-order valence-corrected chi connectivity index (χ2v) is 5.06. The van der Waals surface area contributed by atoms with E-state index in [1.165, 1.54) is 0 Å². The molecule has 1 unspecified atom stereocenters. The lowest BCUT2D eigenvalue weighted by Crippen LogP contribution is -2.38. The molecule has 0 saturated carbocycles. The average Bonchev–Trinajstić information content (AvgIpc) is 2.41. The third-order valence-electron chi connectivity index (χ3n) is 2.68. The number of halogens is 1. The van der Waals surface area contributed by atoms with Gasteiger partial charge in [0.05, 0.1) is 18.1 Å². The Morgan fingerprint density at radius 2 is 2.27 bits per heavy atom. The molecule has 2 heterocycles. The van der Waals surface area contributed by atoms with Crippen molar-refractivity contribution in [3.05, 3.63) is 23.5 Å². The summed E-state index contributed by atoms with van der Waals surface area (Å²) in [5.41, 5.74) is 1.27. The van der Waals surface area contributed by atoms with Crippen LogP contribution in [0.15, 0.2) is 18.3 Å². The van der Waals surface area contributed by atoms with Gasteiger partial charge in [0, 0.05) is 12.1 Å². The summed E-state index contributed by atoms with van der Waals surface area (Å²) in [4.78, 5) is 6.40. The Hall–Kier alpha value is -0.800. The molecule has 1 aromatic rings. The molecule has 1 fully saturated rings. The quantitative estimate of drug-likeness (QED) is 0.744. The highest BCUT2D eigenvalue weighted by atomic mass is 35.5. The average molecular weight is 226 g/mol. The minimum absolute atomic E-state index is 0.152. The summed E-state index contributed by atoms with van der Waals surface area (Å²) >= 11 is 5.77. The highest BCUT2D eigenvalue weighted by molar-refractivity contribution is 6.29. The number of rotatable bonds is 1. The Balaban J connectivity index is 2.21. The van der Waals surface area contributed by atoms with Crippen LogP contribution in [0.5, 0.6) is 0 Å². The first-order valence-electron chi connectivity index (χ1n) is 5.14. The Kier molecular flexibility index (Phi) is 2.61. The lowest BCUT2D eigenvalue weighted by Gasteiger charge is -2.22. The van der Waals surface area contributed by atoms with Crippen molar-refractivity contribution in [2.24, 2.45) is 0 Å². The molecule has 82 valence electrons. The van der Waals surface area contributed by atoms with Gasteiger partial charge in [-0.2, -0.15) is 0 Å². The molecule has 3 nitrogen and oxygen atoms in total. The first-order chi connectivity index (χ1) is 6.98. The van der Waals surface area contributed by atoms with Crippen LogP contribution in [0, 0.1) is 0 Å². The van der Waals surface area contributed by atoms with Gasteiger partial charge in [0.25, 0.3) is 0 Å². The minimum Gasteiger partial charge on any atom is -0.353 e. The van der Waals surface area contributed by atoms with Crippen LogP contribution in [-0.4, -0.2) is 23.2 Å². The van der Waals surface area contributed by atoms with E-state index in [0.29, 0.717) is 11.3 Å². The van der Waals surface area contributed by atoms with Crippen LogP contribution in [0.4, 0.5) is 5.69 Å². The van der Waals surface area contributed by atoms with Crippen LogP contribution in [0.1, 0.15) is 20.8 Å². The van der Waals surface area contributed by atoms with Crippen molar-refractivity contribution < 1.29 is 0 Å². The van der Waals surface area contributed by atoms with Crippen molar-refractivity contribution >= 4 is 17.3 Å². The fraction of sp³-hybridized carbons (Fsp3) is 0.545. The molecule has 0 spiro atoms. The van der Waals surface area contributed by atoms with Gasteiger partial charge in [-0.1, -0.05) is 11.6 Å². The second-order valence-electron chi connectivity index (χ2n) is 4.67. The molecule has 2 rings (SSSR count). The normalized spacial score (nSPS) is 24.5. The topological polar surface area (TPSA) is 28.2 Å². The SMILES string of the molecule is CC1NC(C)(C)CN1c1ccc(Cl)nc1. The van der Waals surface area contributed by atoms with Gasteiger partial charge >= 0.3 is 0 Å². The van der Waals surface area contributed by atoms with E-state index in [4.69, 9.17) is 11.6 Å². The van der Waals surface area contributed by atoms with E-state index in [1.54, 1.807) is 0 Å². The number of hydrogen-bond donors (Lipinski definition) is 1. The van der Waals surface area contributed by atoms with Crippen LogP contribution in [0.2, 0.25) is 5.15 Å². The summed E-state index contributed by atoms with van der Waals surface area (Å²) in [5, 5.41) is 4.06. The molecule has 1 atom stereocenters. The van der Waals surface area contributed by atoms with Gasteiger partial charge in [-0.05, 0) is 32.9 Å². The predicted octanol–water partition coefficient (Wildman–Crippen LogP) is 2.27. The summed E-state index contributed by atoms with van der Waals surface area (Å²) in [6, 6.07) is 3.84. The van der Waals surface area contributed by atoms with Crippen LogP contribution in [0.25, 0.3) is 0 Å². The molecule has 1 aromatic heterocycles. The monoisotopic (exact) mass is 225 g/mol. The molecule has 0 radical (unpaired) electrons. The summed E-state index contributed by atoms with van der Waals surface area (Å²) in [7, 11) is 0. The molecular weight excluding hydrogens is 210 g/mol. The number of hydrogen-bond acceptors (Lipinski definition) is 3. The van der Waals surface area contributed by atoms with Gasteiger partial charge in [0.15, 0.2) is 0 Å². The summed E-state index contributed by atoms with van der Waals surface area (Å²) in [6.07, 6.45) is 2.16. The van der Waals surface area contributed by atoms with Crippen molar-refractivity contribution in [3.63, 3.8) is 0 Å². The van der Waals surface area contributed by atoms with Gasteiger partial charge in [-0.15, -0.1) is 0 Å². The van der Waals surface area contributed by atoms with Crippen molar-refractivity contribution in [2.45, 2.75) is 32.5 Å². The standard InChI is InChI=1S/C11H16ClN3/c1-8-14-11(2,3)7-15(8)9-4-5-10(12)13-6-9/h4-6,8,14H,7H2,1-3H3. The van der Waals surface area contributed by atoms with E-state index < -0.39 is 0 Å². The van der Waals surface area contributed by atoms with E-state index in [-0.39, 0.29) is 5.54 Å². The van der Waals surface area contributed by atoms with E-state index in [9.17, 15) is 0 Å². The number of nitrogens with zero attached hydrogens (tertiary/aromatic N) is 2. The highest BCUT2D eigenvalue weighted by Crippen LogP contribution is 2.25. The fourth-order valence-electron chi connectivity index (χ4n) is 2.10. The lowest BCUT2D eigenvalue weighted by molar-refractivity contribution is 0.456. The molecule has 4 heteroatoms. The van der Waals surface area contributed by atoms with Crippen molar-refractivity contribution in [1.82, 2.24) is 10.3 Å². The third-order valence-corrected chi connectivity index (χ3v) is 2.90. The van der Waals surface area contributed by atoms with Crippen molar-refractivity contribution in [3.8, 4) is 0 Å². The molecule has 1 N–H and O–H groups in total. The molecule has 0 bridgehead atoms. The number of pyridine rings is 1. The van der Waals surface area contributed by atoms with E-state index >= 15 is 0 Å². The second kappa shape index (κ2) is 3.65. The van der Waals surface area contributed by atoms with E-state index in [0.717, 1.165) is 12.2 Å². The van der Waals surface area contributed by atoms with Crippen molar-refractivity contribution in [2.75, 3.05) is 11.4 Å². The maximum absolute atomic E-state index is 5.77. The van der Waals surface area contributed by atoms with Gasteiger partial charge in [0.1, 0.15) is 5.15 Å². The smallest absolute Gasteiger partial charge is 0.129 e.